The van der Waals surface area contributed by atoms with Crippen molar-refractivity contribution in [3.63, 3.8) is 0 Å². The molecule has 0 unspecified atom stereocenters. The third-order valence-corrected chi connectivity index (χ3v) is 2.21. The molecule has 2 heterocycles. The second-order valence-electron chi connectivity index (χ2n) is 3.45. The van der Waals surface area contributed by atoms with Crippen molar-refractivity contribution in [2.45, 2.75) is 26.2 Å². The summed E-state index contributed by atoms with van der Waals surface area (Å²) in [5, 5.41) is 0. The van der Waals surface area contributed by atoms with Gasteiger partial charge in [-0.25, -0.2) is 4.98 Å². The second-order valence-corrected chi connectivity index (χ2v) is 3.45. The van der Waals surface area contributed by atoms with E-state index >= 15 is 0 Å². The van der Waals surface area contributed by atoms with E-state index in [4.69, 9.17) is 11.5 Å². The minimum absolute atomic E-state index is 0.161. The quantitative estimate of drug-likeness (QED) is 0.690. The molecule has 0 aliphatic rings. The van der Waals surface area contributed by atoms with E-state index in [9.17, 15) is 0 Å². The van der Waals surface area contributed by atoms with Gasteiger partial charge in [0, 0.05) is 6.42 Å². The summed E-state index contributed by atoms with van der Waals surface area (Å²) in [5.74, 6) is 1.40. The molecule has 0 aliphatic carbocycles. The predicted octanol–water partition coefficient (Wildman–Crippen LogP) is 0.860. The number of rotatable bonds is 3. The van der Waals surface area contributed by atoms with Crippen LogP contribution < -0.4 is 11.5 Å². The molecular weight excluding hydrogens is 192 g/mol. The zero-order valence-electron chi connectivity index (χ0n) is 8.62. The Morgan fingerprint density at radius 1 is 1.20 bits per heavy atom. The van der Waals surface area contributed by atoms with Gasteiger partial charge in [0.1, 0.15) is 11.3 Å². The summed E-state index contributed by atoms with van der Waals surface area (Å²) >= 11 is 0. The van der Waals surface area contributed by atoms with Crippen molar-refractivity contribution in [1.29, 1.82) is 0 Å². The summed E-state index contributed by atoms with van der Waals surface area (Å²) in [4.78, 5) is 15.3. The summed E-state index contributed by atoms with van der Waals surface area (Å²) in [5.41, 5.74) is 12.4. The number of nitrogens with two attached hydrogens (primary N) is 2. The molecule has 0 saturated heterocycles. The maximum atomic E-state index is 5.70. The lowest BCUT2D eigenvalue weighted by atomic mass is 10.2. The first-order chi connectivity index (χ1) is 7.20. The number of fused-ring (bicyclic) bond motifs is 1. The van der Waals surface area contributed by atoms with E-state index in [0.717, 1.165) is 25.1 Å². The van der Waals surface area contributed by atoms with Gasteiger partial charge in [0.05, 0.1) is 0 Å². The lowest BCUT2D eigenvalue weighted by Gasteiger charge is -1.94. The molecule has 0 aliphatic heterocycles. The van der Waals surface area contributed by atoms with Crippen molar-refractivity contribution in [2.24, 2.45) is 0 Å². The van der Waals surface area contributed by atoms with E-state index in [2.05, 4.69) is 26.9 Å². The molecular formula is C9H14N6. The SMILES string of the molecule is CCCCc1nc2nc(N)nc(N)c2[nH]1. The molecule has 0 saturated carbocycles. The highest BCUT2D eigenvalue weighted by atomic mass is 15.1. The van der Waals surface area contributed by atoms with Gasteiger partial charge in [-0.15, -0.1) is 0 Å². The molecule has 0 atom stereocenters. The number of imidazole rings is 1. The molecule has 0 bridgehead atoms. The Morgan fingerprint density at radius 2 is 2.00 bits per heavy atom. The lowest BCUT2D eigenvalue weighted by molar-refractivity contribution is 0.764. The molecule has 15 heavy (non-hydrogen) atoms. The zero-order chi connectivity index (χ0) is 10.8. The summed E-state index contributed by atoms with van der Waals surface area (Å²) < 4.78 is 0. The van der Waals surface area contributed by atoms with Gasteiger partial charge in [-0.05, 0) is 6.42 Å². The molecule has 6 nitrogen and oxygen atoms in total. The summed E-state index contributed by atoms with van der Waals surface area (Å²) in [6.07, 6.45) is 3.11. The first kappa shape index (κ1) is 9.70. The van der Waals surface area contributed by atoms with Gasteiger partial charge in [0.25, 0.3) is 0 Å². The Kier molecular flexibility index (Phi) is 2.40. The van der Waals surface area contributed by atoms with Gasteiger partial charge in [-0.3, -0.25) is 0 Å². The highest BCUT2D eigenvalue weighted by Gasteiger charge is 2.08. The minimum Gasteiger partial charge on any atom is -0.382 e. The third kappa shape index (κ3) is 1.83. The van der Waals surface area contributed by atoms with Crippen LogP contribution in [-0.2, 0) is 6.42 Å². The Hall–Kier alpha value is -1.85. The van der Waals surface area contributed by atoms with Gasteiger partial charge in [-0.1, -0.05) is 13.3 Å². The number of hydrogen-bond donors (Lipinski definition) is 3. The number of hydrogen-bond acceptors (Lipinski definition) is 5. The van der Waals surface area contributed by atoms with Gasteiger partial charge < -0.3 is 16.5 Å². The Bertz CT molecular complexity index is 475. The fourth-order valence-electron chi connectivity index (χ4n) is 1.45. The largest absolute Gasteiger partial charge is 0.382 e. The Balaban J connectivity index is 2.41. The average molecular weight is 206 g/mol. The first-order valence-electron chi connectivity index (χ1n) is 4.98. The molecule has 0 amide bonds. The number of H-pyrrole nitrogens is 1. The number of unbranched alkanes of at least 4 members (excludes halogenated alkanes) is 1. The van der Waals surface area contributed by atoms with E-state index in [1.54, 1.807) is 0 Å². The minimum atomic E-state index is 0.161. The summed E-state index contributed by atoms with van der Waals surface area (Å²) in [6.45, 7) is 2.13. The number of nitrogens with zero attached hydrogens (tertiary/aromatic N) is 3. The van der Waals surface area contributed by atoms with Crippen LogP contribution in [0, 0.1) is 0 Å². The molecule has 2 aromatic heterocycles. The molecule has 0 spiro atoms. The van der Waals surface area contributed by atoms with Crippen molar-refractivity contribution < 1.29 is 0 Å². The summed E-state index contributed by atoms with van der Waals surface area (Å²) in [6, 6.07) is 0. The summed E-state index contributed by atoms with van der Waals surface area (Å²) in [7, 11) is 0. The monoisotopic (exact) mass is 206 g/mol. The van der Waals surface area contributed by atoms with Gasteiger partial charge >= 0.3 is 0 Å². The number of aromatic nitrogens is 4. The molecule has 2 aromatic rings. The van der Waals surface area contributed by atoms with Crippen LogP contribution >= 0.6 is 0 Å². The van der Waals surface area contributed by atoms with Crippen molar-refractivity contribution >= 4 is 22.9 Å². The van der Waals surface area contributed by atoms with Crippen molar-refractivity contribution in [1.82, 2.24) is 19.9 Å². The topological polar surface area (TPSA) is 106 Å². The van der Waals surface area contributed by atoms with Crippen molar-refractivity contribution in [2.75, 3.05) is 11.5 Å². The number of nitrogens with one attached hydrogen (secondary N) is 1. The van der Waals surface area contributed by atoms with Gasteiger partial charge in [-0.2, -0.15) is 9.97 Å². The van der Waals surface area contributed by atoms with E-state index in [-0.39, 0.29) is 5.95 Å². The van der Waals surface area contributed by atoms with Crippen LogP contribution in [0.1, 0.15) is 25.6 Å². The van der Waals surface area contributed by atoms with E-state index in [0.29, 0.717) is 17.0 Å². The van der Waals surface area contributed by atoms with Crippen molar-refractivity contribution in [3.8, 4) is 0 Å². The van der Waals surface area contributed by atoms with Crippen LogP contribution in [-0.4, -0.2) is 19.9 Å². The van der Waals surface area contributed by atoms with E-state index in [1.807, 2.05) is 0 Å². The number of nitrogen functional groups attached to an aromatic ring is 2. The normalized spacial score (nSPS) is 11.0. The Labute approximate surface area is 87.1 Å². The number of aryl methyl sites for hydroxylation is 1. The molecule has 6 heteroatoms. The van der Waals surface area contributed by atoms with Crippen molar-refractivity contribution in [3.05, 3.63) is 5.82 Å². The fourth-order valence-corrected chi connectivity index (χ4v) is 1.45. The standard InChI is InChI=1S/C9H14N6/c1-2-3-4-5-12-6-7(10)14-9(11)15-8(6)13-5/h2-4H2,1H3,(H5,10,11,12,13,14,15). The third-order valence-electron chi connectivity index (χ3n) is 2.21. The maximum absolute atomic E-state index is 5.70. The van der Waals surface area contributed by atoms with Crippen LogP contribution in [0.25, 0.3) is 11.2 Å². The predicted molar refractivity (Wildman–Crippen MR) is 59.1 cm³/mol. The fraction of sp³-hybridized carbons (Fsp3) is 0.444. The second kappa shape index (κ2) is 3.72. The van der Waals surface area contributed by atoms with Crippen LogP contribution in [0.2, 0.25) is 0 Å². The van der Waals surface area contributed by atoms with Gasteiger partial charge in [0.2, 0.25) is 5.95 Å². The van der Waals surface area contributed by atoms with Gasteiger partial charge in [0.15, 0.2) is 11.5 Å². The average Bonchev–Trinajstić information content (AvgIpc) is 2.57. The Morgan fingerprint density at radius 3 is 2.73 bits per heavy atom. The van der Waals surface area contributed by atoms with Crippen LogP contribution in [0.3, 0.4) is 0 Å². The molecule has 0 radical (unpaired) electrons. The molecule has 80 valence electrons. The lowest BCUT2D eigenvalue weighted by Crippen LogP contribution is -1.99. The van der Waals surface area contributed by atoms with E-state index in [1.165, 1.54) is 0 Å². The first-order valence-corrected chi connectivity index (χ1v) is 4.98. The smallest absolute Gasteiger partial charge is 0.224 e. The molecule has 0 fully saturated rings. The van der Waals surface area contributed by atoms with Crippen LogP contribution in [0.5, 0.6) is 0 Å². The number of aromatic amines is 1. The zero-order valence-corrected chi connectivity index (χ0v) is 8.62. The van der Waals surface area contributed by atoms with Crippen LogP contribution in [0.4, 0.5) is 11.8 Å². The number of anilines is 2. The molecule has 2 rings (SSSR count). The van der Waals surface area contributed by atoms with E-state index < -0.39 is 0 Å². The highest BCUT2D eigenvalue weighted by molar-refractivity contribution is 5.82. The molecule has 0 aromatic carbocycles. The maximum Gasteiger partial charge on any atom is 0.224 e. The van der Waals surface area contributed by atoms with Crippen LogP contribution in [0.15, 0.2) is 0 Å². The molecule has 5 N–H and O–H groups in total. The highest BCUT2D eigenvalue weighted by Crippen LogP contribution is 2.16.